The number of hydrogen-bond donors (Lipinski definition) is 1. The first-order valence-corrected chi connectivity index (χ1v) is 4.60. The second-order valence-corrected chi connectivity index (χ2v) is 3.61. The van der Waals surface area contributed by atoms with E-state index in [1.165, 1.54) is 12.8 Å². The third-order valence-electron chi connectivity index (χ3n) is 2.85. The fourth-order valence-electron chi connectivity index (χ4n) is 2.24. The standard InChI is InChI=1S/C9H18FN/c1-7(10)9-4-2-3-8(9)5-6-11/h7-9H,2-6,11H2,1H3. The van der Waals surface area contributed by atoms with Crippen LogP contribution in [0.4, 0.5) is 4.39 Å². The van der Waals surface area contributed by atoms with Gasteiger partial charge in [0.2, 0.25) is 0 Å². The topological polar surface area (TPSA) is 26.0 Å². The molecule has 0 heterocycles. The van der Waals surface area contributed by atoms with Crippen molar-refractivity contribution in [2.75, 3.05) is 6.54 Å². The molecule has 0 spiro atoms. The van der Waals surface area contributed by atoms with Crippen LogP contribution >= 0.6 is 0 Å². The first-order chi connectivity index (χ1) is 5.25. The van der Waals surface area contributed by atoms with Crippen LogP contribution in [-0.2, 0) is 0 Å². The van der Waals surface area contributed by atoms with Gasteiger partial charge in [-0.2, -0.15) is 0 Å². The van der Waals surface area contributed by atoms with Gasteiger partial charge >= 0.3 is 0 Å². The molecule has 1 fully saturated rings. The van der Waals surface area contributed by atoms with Crippen LogP contribution in [0.25, 0.3) is 0 Å². The summed E-state index contributed by atoms with van der Waals surface area (Å²) >= 11 is 0. The van der Waals surface area contributed by atoms with Crippen molar-refractivity contribution in [3.63, 3.8) is 0 Å². The van der Waals surface area contributed by atoms with Crippen molar-refractivity contribution in [3.8, 4) is 0 Å². The lowest BCUT2D eigenvalue weighted by molar-refractivity contribution is 0.199. The van der Waals surface area contributed by atoms with Crippen molar-refractivity contribution in [3.05, 3.63) is 0 Å². The van der Waals surface area contributed by atoms with Crippen LogP contribution in [0.2, 0.25) is 0 Å². The Morgan fingerprint density at radius 1 is 1.55 bits per heavy atom. The predicted octanol–water partition coefficient (Wildman–Crippen LogP) is 2.11. The first-order valence-electron chi connectivity index (χ1n) is 4.60. The van der Waals surface area contributed by atoms with E-state index in [4.69, 9.17) is 5.73 Å². The van der Waals surface area contributed by atoms with Gasteiger partial charge in [-0.3, -0.25) is 0 Å². The molecule has 1 aliphatic carbocycles. The molecule has 0 radical (unpaired) electrons. The summed E-state index contributed by atoms with van der Waals surface area (Å²) in [4.78, 5) is 0. The molecule has 0 bridgehead atoms. The molecule has 2 N–H and O–H groups in total. The van der Waals surface area contributed by atoms with E-state index in [-0.39, 0.29) is 0 Å². The molecular weight excluding hydrogens is 141 g/mol. The Hall–Kier alpha value is -0.110. The van der Waals surface area contributed by atoms with Crippen LogP contribution in [0.5, 0.6) is 0 Å². The molecule has 3 atom stereocenters. The van der Waals surface area contributed by atoms with Gasteiger partial charge in [-0.05, 0) is 38.1 Å². The maximum absolute atomic E-state index is 12.9. The highest BCUT2D eigenvalue weighted by Gasteiger charge is 2.30. The van der Waals surface area contributed by atoms with Gasteiger partial charge in [0.15, 0.2) is 0 Å². The van der Waals surface area contributed by atoms with Crippen LogP contribution < -0.4 is 5.73 Å². The van der Waals surface area contributed by atoms with Crippen molar-refractivity contribution < 1.29 is 4.39 Å². The van der Waals surface area contributed by atoms with Gasteiger partial charge < -0.3 is 5.73 Å². The van der Waals surface area contributed by atoms with E-state index in [0.29, 0.717) is 18.4 Å². The number of rotatable bonds is 3. The summed E-state index contributed by atoms with van der Waals surface area (Å²) in [5.41, 5.74) is 5.45. The third-order valence-corrected chi connectivity index (χ3v) is 2.85. The first kappa shape index (κ1) is 8.98. The third kappa shape index (κ3) is 2.16. The number of hydrogen-bond acceptors (Lipinski definition) is 1. The van der Waals surface area contributed by atoms with E-state index in [1.807, 2.05) is 0 Å². The van der Waals surface area contributed by atoms with Gasteiger partial charge in [-0.15, -0.1) is 0 Å². The van der Waals surface area contributed by atoms with Gasteiger partial charge in [0.05, 0.1) is 0 Å². The van der Waals surface area contributed by atoms with Gasteiger partial charge in [0.1, 0.15) is 6.17 Å². The summed E-state index contributed by atoms with van der Waals surface area (Å²) in [5.74, 6) is 0.874. The lowest BCUT2D eigenvalue weighted by Gasteiger charge is -2.19. The Morgan fingerprint density at radius 3 is 2.82 bits per heavy atom. The Balaban J connectivity index is 2.37. The molecule has 0 aromatic heterocycles. The molecule has 0 aliphatic heterocycles. The lowest BCUT2D eigenvalue weighted by atomic mass is 9.90. The summed E-state index contributed by atoms with van der Waals surface area (Å²) < 4.78 is 12.9. The molecule has 1 saturated carbocycles. The molecule has 0 aromatic carbocycles. The number of alkyl halides is 1. The maximum Gasteiger partial charge on any atom is 0.100 e. The highest BCUT2D eigenvalue weighted by Crippen LogP contribution is 2.36. The van der Waals surface area contributed by atoms with Crippen LogP contribution in [0.15, 0.2) is 0 Å². The summed E-state index contributed by atoms with van der Waals surface area (Å²) in [6.45, 7) is 2.40. The van der Waals surface area contributed by atoms with Crippen molar-refractivity contribution in [1.82, 2.24) is 0 Å². The predicted molar refractivity (Wildman–Crippen MR) is 45.1 cm³/mol. The Kier molecular flexibility index (Phi) is 3.31. The maximum atomic E-state index is 12.9. The van der Waals surface area contributed by atoms with Gasteiger partial charge in [0.25, 0.3) is 0 Å². The second-order valence-electron chi connectivity index (χ2n) is 3.61. The summed E-state index contributed by atoms with van der Waals surface area (Å²) in [7, 11) is 0. The lowest BCUT2D eigenvalue weighted by Crippen LogP contribution is -2.19. The molecule has 1 nitrogen and oxygen atoms in total. The van der Waals surface area contributed by atoms with Crippen molar-refractivity contribution in [2.45, 2.75) is 38.8 Å². The zero-order valence-electron chi connectivity index (χ0n) is 7.22. The molecule has 1 rings (SSSR count). The minimum atomic E-state index is -0.631. The molecular formula is C9H18FN. The van der Waals surface area contributed by atoms with Crippen molar-refractivity contribution >= 4 is 0 Å². The minimum Gasteiger partial charge on any atom is -0.330 e. The van der Waals surface area contributed by atoms with Crippen molar-refractivity contribution in [2.24, 2.45) is 17.6 Å². The molecule has 2 heteroatoms. The number of halogens is 1. The van der Waals surface area contributed by atoms with E-state index in [2.05, 4.69) is 0 Å². The molecule has 0 amide bonds. The van der Waals surface area contributed by atoms with Crippen LogP contribution in [0.1, 0.15) is 32.6 Å². The van der Waals surface area contributed by atoms with Crippen LogP contribution in [-0.4, -0.2) is 12.7 Å². The Morgan fingerprint density at radius 2 is 2.27 bits per heavy atom. The molecule has 3 unspecified atom stereocenters. The molecule has 0 aromatic rings. The van der Waals surface area contributed by atoms with E-state index >= 15 is 0 Å². The summed E-state index contributed by atoms with van der Waals surface area (Å²) in [6, 6.07) is 0. The summed E-state index contributed by atoms with van der Waals surface area (Å²) in [5, 5.41) is 0. The Labute approximate surface area is 68.2 Å². The van der Waals surface area contributed by atoms with Gasteiger partial charge in [-0.25, -0.2) is 4.39 Å². The molecule has 1 aliphatic rings. The molecule has 66 valence electrons. The van der Waals surface area contributed by atoms with E-state index in [9.17, 15) is 4.39 Å². The highest BCUT2D eigenvalue weighted by atomic mass is 19.1. The Bertz CT molecular complexity index is 114. The average molecular weight is 159 g/mol. The monoisotopic (exact) mass is 159 g/mol. The smallest absolute Gasteiger partial charge is 0.100 e. The minimum absolute atomic E-state index is 0.304. The van der Waals surface area contributed by atoms with Gasteiger partial charge in [-0.1, -0.05) is 12.8 Å². The fraction of sp³-hybridized carbons (Fsp3) is 1.00. The molecule has 11 heavy (non-hydrogen) atoms. The SMILES string of the molecule is CC(F)C1CCCC1CCN. The van der Waals surface area contributed by atoms with E-state index < -0.39 is 6.17 Å². The summed E-state index contributed by atoms with van der Waals surface area (Å²) in [6.07, 6.45) is 3.84. The quantitative estimate of drug-likeness (QED) is 0.670. The zero-order chi connectivity index (χ0) is 8.27. The number of nitrogens with two attached hydrogens (primary N) is 1. The van der Waals surface area contributed by atoms with E-state index in [0.717, 1.165) is 12.8 Å². The molecule has 0 saturated heterocycles. The van der Waals surface area contributed by atoms with Gasteiger partial charge in [0, 0.05) is 0 Å². The second kappa shape index (κ2) is 4.05. The van der Waals surface area contributed by atoms with Crippen molar-refractivity contribution in [1.29, 1.82) is 0 Å². The normalized spacial score (nSPS) is 34.1. The van der Waals surface area contributed by atoms with Crippen LogP contribution in [0.3, 0.4) is 0 Å². The largest absolute Gasteiger partial charge is 0.330 e. The zero-order valence-corrected chi connectivity index (χ0v) is 7.22. The van der Waals surface area contributed by atoms with Crippen LogP contribution in [0, 0.1) is 11.8 Å². The fourth-order valence-corrected chi connectivity index (χ4v) is 2.24. The highest BCUT2D eigenvalue weighted by molar-refractivity contribution is 4.81. The van der Waals surface area contributed by atoms with E-state index in [1.54, 1.807) is 6.92 Å². The average Bonchev–Trinajstić information content (AvgIpc) is 2.36.